The number of hydrogen-bond donors (Lipinski definition) is 0. The van der Waals surface area contributed by atoms with Crippen LogP contribution in [0.5, 0.6) is 11.6 Å². The molecule has 2 aromatic rings. The standard InChI is InChI=1S/C15H15NO4/c1-17-15-8-12(20-16-15)7-6-11-4-2-3-5-14(11)19-10-13-9-18-13/h2-8,13H,9-10H2,1H3. The van der Waals surface area contributed by atoms with E-state index in [1.807, 2.05) is 36.4 Å². The van der Waals surface area contributed by atoms with Gasteiger partial charge in [0.2, 0.25) is 0 Å². The summed E-state index contributed by atoms with van der Waals surface area (Å²) in [5.74, 6) is 1.91. The number of nitrogens with zero attached hydrogens (tertiary/aromatic N) is 1. The van der Waals surface area contributed by atoms with Crippen LogP contribution in [0.4, 0.5) is 0 Å². The Balaban J connectivity index is 1.71. The minimum absolute atomic E-state index is 0.241. The van der Waals surface area contributed by atoms with Crippen molar-refractivity contribution < 1.29 is 18.7 Å². The van der Waals surface area contributed by atoms with Crippen molar-refractivity contribution in [2.45, 2.75) is 6.10 Å². The Bertz CT molecular complexity index is 601. The van der Waals surface area contributed by atoms with Gasteiger partial charge in [0.1, 0.15) is 18.5 Å². The lowest BCUT2D eigenvalue weighted by Gasteiger charge is -2.07. The first-order valence-electron chi connectivity index (χ1n) is 6.37. The lowest BCUT2D eigenvalue weighted by Crippen LogP contribution is -2.04. The highest BCUT2D eigenvalue weighted by molar-refractivity contribution is 5.70. The Hall–Kier alpha value is -2.27. The predicted molar refractivity (Wildman–Crippen MR) is 73.7 cm³/mol. The summed E-state index contributed by atoms with van der Waals surface area (Å²) in [6, 6.07) is 9.53. The summed E-state index contributed by atoms with van der Waals surface area (Å²) in [4.78, 5) is 0. The summed E-state index contributed by atoms with van der Waals surface area (Å²) in [6.07, 6.45) is 3.99. The molecule has 0 saturated carbocycles. The van der Waals surface area contributed by atoms with Gasteiger partial charge in [-0.15, -0.1) is 0 Å². The molecule has 20 heavy (non-hydrogen) atoms. The van der Waals surface area contributed by atoms with E-state index in [1.165, 1.54) is 0 Å². The first kappa shape index (κ1) is 12.7. The fraction of sp³-hybridized carbons (Fsp3) is 0.267. The first-order chi connectivity index (χ1) is 9.85. The molecule has 1 aromatic heterocycles. The highest BCUT2D eigenvalue weighted by Crippen LogP contribution is 2.23. The maximum absolute atomic E-state index is 5.73. The number of aromatic nitrogens is 1. The molecule has 0 radical (unpaired) electrons. The van der Waals surface area contributed by atoms with Gasteiger partial charge in [0, 0.05) is 11.6 Å². The van der Waals surface area contributed by atoms with E-state index in [1.54, 1.807) is 13.2 Å². The Morgan fingerprint density at radius 3 is 2.95 bits per heavy atom. The van der Waals surface area contributed by atoms with Crippen LogP contribution >= 0.6 is 0 Å². The van der Waals surface area contributed by atoms with Crippen LogP contribution in [0.3, 0.4) is 0 Å². The molecule has 0 bridgehead atoms. The second-order valence-corrected chi connectivity index (χ2v) is 4.41. The van der Waals surface area contributed by atoms with Gasteiger partial charge in [0.15, 0.2) is 5.76 Å². The first-order valence-corrected chi connectivity index (χ1v) is 6.37. The van der Waals surface area contributed by atoms with Crippen LogP contribution in [0.15, 0.2) is 34.9 Å². The molecular formula is C15H15NO4. The van der Waals surface area contributed by atoms with Crippen LogP contribution in [0, 0.1) is 0 Å². The lowest BCUT2D eigenvalue weighted by molar-refractivity contribution is 0.262. The Morgan fingerprint density at radius 2 is 2.20 bits per heavy atom. The van der Waals surface area contributed by atoms with Crippen molar-refractivity contribution in [1.29, 1.82) is 0 Å². The Kier molecular flexibility index (Phi) is 3.69. The zero-order chi connectivity index (χ0) is 13.8. The molecule has 1 fully saturated rings. The van der Waals surface area contributed by atoms with E-state index in [0.29, 0.717) is 18.2 Å². The third-order valence-electron chi connectivity index (χ3n) is 2.89. The maximum Gasteiger partial charge on any atom is 0.254 e. The SMILES string of the molecule is COc1cc(C=Cc2ccccc2OCC2CO2)on1. The van der Waals surface area contributed by atoms with Gasteiger partial charge in [0.05, 0.1) is 13.7 Å². The minimum Gasteiger partial charge on any atom is -0.490 e. The number of methoxy groups -OCH3 is 1. The molecule has 0 aliphatic carbocycles. The third-order valence-corrected chi connectivity index (χ3v) is 2.89. The average molecular weight is 273 g/mol. The van der Waals surface area contributed by atoms with Crippen LogP contribution < -0.4 is 9.47 Å². The van der Waals surface area contributed by atoms with Crippen LogP contribution in [0.25, 0.3) is 12.2 Å². The summed E-state index contributed by atoms with van der Waals surface area (Å²) < 4.78 is 20.9. The van der Waals surface area contributed by atoms with Gasteiger partial charge in [0.25, 0.3) is 5.88 Å². The highest BCUT2D eigenvalue weighted by Gasteiger charge is 2.23. The Morgan fingerprint density at radius 1 is 1.35 bits per heavy atom. The van der Waals surface area contributed by atoms with Crippen molar-refractivity contribution in [3.63, 3.8) is 0 Å². The van der Waals surface area contributed by atoms with Gasteiger partial charge in [-0.25, -0.2) is 0 Å². The van der Waals surface area contributed by atoms with E-state index in [-0.39, 0.29) is 6.10 Å². The van der Waals surface area contributed by atoms with Gasteiger partial charge in [-0.1, -0.05) is 18.2 Å². The normalized spacial score (nSPS) is 17.4. The minimum atomic E-state index is 0.241. The molecule has 2 heterocycles. The van der Waals surface area contributed by atoms with Crippen LogP contribution in [-0.4, -0.2) is 31.6 Å². The average Bonchev–Trinajstić information content (AvgIpc) is 3.20. The van der Waals surface area contributed by atoms with Gasteiger partial charge in [-0.05, 0) is 23.4 Å². The maximum atomic E-state index is 5.73. The van der Waals surface area contributed by atoms with Crippen molar-refractivity contribution in [3.05, 3.63) is 41.7 Å². The lowest BCUT2D eigenvalue weighted by atomic mass is 10.2. The zero-order valence-corrected chi connectivity index (χ0v) is 11.1. The summed E-state index contributed by atoms with van der Waals surface area (Å²) in [5, 5.41) is 3.74. The largest absolute Gasteiger partial charge is 0.490 e. The summed E-state index contributed by atoms with van der Waals surface area (Å²) in [5.41, 5.74) is 0.975. The fourth-order valence-electron chi connectivity index (χ4n) is 1.72. The van der Waals surface area contributed by atoms with Gasteiger partial charge in [-0.3, -0.25) is 0 Å². The Labute approximate surface area is 116 Å². The number of rotatable bonds is 6. The molecule has 1 unspecified atom stereocenters. The topological polar surface area (TPSA) is 57.0 Å². The van der Waals surface area contributed by atoms with Crippen molar-refractivity contribution in [1.82, 2.24) is 5.16 Å². The molecule has 0 spiro atoms. The molecule has 5 heteroatoms. The van der Waals surface area contributed by atoms with Crippen molar-refractivity contribution in [2.24, 2.45) is 0 Å². The second-order valence-electron chi connectivity index (χ2n) is 4.41. The van der Waals surface area contributed by atoms with E-state index in [4.69, 9.17) is 18.7 Å². The smallest absolute Gasteiger partial charge is 0.254 e. The molecular weight excluding hydrogens is 258 g/mol. The van der Waals surface area contributed by atoms with Crippen molar-refractivity contribution >= 4 is 12.2 Å². The summed E-state index contributed by atoms with van der Waals surface area (Å²) in [7, 11) is 1.55. The molecule has 0 amide bonds. The van der Waals surface area contributed by atoms with Gasteiger partial charge in [-0.2, -0.15) is 0 Å². The van der Waals surface area contributed by atoms with Crippen LogP contribution in [0.2, 0.25) is 0 Å². The molecule has 1 saturated heterocycles. The second kappa shape index (κ2) is 5.79. The predicted octanol–water partition coefficient (Wildman–Crippen LogP) is 2.63. The quantitative estimate of drug-likeness (QED) is 0.757. The molecule has 5 nitrogen and oxygen atoms in total. The molecule has 0 N–H and O–H groups in total. The molecule has 1 aliphatic heterocycles. The third kappa shape index (κ3) is 3.19. The monoisotopic (exact) mass is 273 g/mol. The van der Waals surface area contributed by atoms with Crippen LogP contribution in [0.1, 0.15) is 11.3 Å². The van der Waals surface area contributed by atoms with Crippen molar-refractivity contribution in [2.75, 3.05) is 20.3 Å². The van der Waals surface area contributed by atoms with E-state index in [9.17, 15) is 0 Å². The number of ether oxygens (including phenoxy) is 3. The van der Waals surface area contributed by atoms with E-state index < -0.39 is 0 Å². The van der Waals surface area contributed by atoms with Crippen LogP contribution in [-0.2, 0) is 4.74 Å². The number of para-hydroxylation sites is 1. The van der Waals surface area contributed by atoms with Gasteiger partial charge >= 0.3 is 0 Å². The molecule has 1 atom stereocenters. The van der Waals surface area contributed by atoms with Crippen molar-refractivity contribution in [3.8, 4) is 11.6 Å². The summed E-state index contributed by atoms with van der Waals surface area (Å²) >= 11 is 0. The fourth-order valence-corrected chi connectivity index (χ4v) is 1.72. The molecule has 1 aromatic carbocycles. The van der Waals surface area contributed by atoms with E-state index in [0.717, 1.165) is 17.9 Å². The summed E-state index contributed by atoms with van der Waals surface area (Å²) in [6.45, 7) is 1.37. The number of benzene rings is 1. The molecule has 3 rings (SSSR count). The van der Waals surface area contributed by atoms with E-state index >= 15 is 0 Å². The number of epoxide rings is 1. The zero-order valence-electron chi connectivity index (χ0n) is 11.1. The number of hydrogen-bond acceptors (Lipinski definition) is 5. The highest BCUT2D eigenvalue weighted by atomic mass is 16.6. The van der Waals surface area contributed by atoms with E-state index in [2.05, 4.69) is 5.16 Å². The van der Waals surface area contributed by atoms with Gasteiger partial charge < -0.3 is 18.7 Å². The molecule has 1 aliphatic rings. The molecule has 104 valence electrons.